The first-order valence-corrected chi connectivity index (χ1v) is 5.99. The summed E-state index contributed by atoms with van der Waals surface area (Å²) >= 11 is 0. The predicted molar refractivity (Wildman–Crippen MR) is 70.0 cm³/mol. The first kappa shape index (κ1) is 11.8. The molecule has 0 aliphatic carbocycles. The Morgan fingerprint density at radius 3 is 2.65 bits per heavy atom. The third-order valence-electron chi connectivity index (χ3n) is 2.87. The van der Waals surface area contributed by atoms with Crippen LogP contribution in [0.4, 0.5) is 10.1 Å². The predicted octanol–water partition coefficient (Wildman–Crippen LogP) is 3.68. The number of aromatic nitrogens is 1. The number of rotatable bonds is 3. The van der Waals surface area contributed by atoms with Crippen molar-refractivity contribution in [2.24, 2.45) is 0 Å². The molecule has 2 rings (SSSR count). The number of hydrogen-bond donors (Lipinski definition) is 1. The van der Waals surface area contributed by atoms with E-state index < -0.39 is 0 Å². The van der Waals surface area contributed by atoms with Gasteiger partial charge in [-0.15, -0.1) is 0 Å². The van der Waals surface area contributed by atoms with Gasteiger partial charge in [-0.3, -0.25) is 4.98 Å². The molecule has 0 aliphatic heterocycles. The average Bonchev–Trinajstić information content (AvgIpc) is 2.31. The van der Waals surface area contributed by atoms with Crippen molar-refractivity contribution in [3.63, 3.8) is 0 Å². The van der Waals surface area contributed by atoms with Gasteiger partial charge in [-0.05, 0) is 38.0 Å². The van der Waals surface area contributed by atoms with Gasteiger partial charge in [0.1, 0.15) is 5.82 Å². The summed E-state index contributed by atoms with van der Waals surface area (Å²) in [5, 5.41) is 4.30. The highest BCUT2D eigenvalue weighted by Crippen LogP contribution is 2.26. The molecule has 1 aromatic carbocycles. The number of hydrogen-bond acceptors (Lipinski definition) is 2. The maximum absolute atomic E-state index is 13.5. The van der Waals surface area contributed by atoms with Gasteiger partial charge in [-0.25, -0.2) is 4.39 Å². The number of anilines is 1. The van der Waals surface area contributed by atoms with Crippen LogP contribution in [-0.2, 0) is 6.42 Å². The highest BCUT2D eigenvalue weighted by Gasteiger charge is 2.07. The molecule has 0 saturated carbocycles. The van der Waals surface area contributed by atoms with Gasteiger partial charge in [0.15, 0.2) is 0 Å². The van der Waals surface area contributed by atoms with Gasteiger partial charge in [0, 0.05) is 29.4 Å². The van der Waals surface area contributed by atoms with E-state index in [1.165, 1.54) is 6.07 Å². The molecule has 0 unspecified atom stereocenters. The van der Waals surface area contributed by atoms with Gasteiger partial charge in [-0.1, -0.05) is 6.92 Å². The smallest absolute Gasteiger partial charge is 0.128 e. The van der Waals surface area contributed by atoms with E-state index in [1.54, 1.807) is 6.92 Å². The average molecular weight is 232 g/mol. The van der Waals surface area contributed by atoms with Crippen molar-refractivity contribution >= 4 is 16.6 Å². The molecular formula is C14H17FN2. The summed E-state index contributed by atoms with van der Waals surface area (Å²) in [6, 6.07) is 5.42. The van der Waals surface area contributed by atoms with E-state index in [2.05, 4.69) is 17.2 Å². The number of aryl methyl sites for hydroxylation is 2. The van der Waals surface area contributed by atoms with E-state index in [1.807, 2.05) is 19.1 Å². The van der Waals surface area contributed by atoms with Gasteiger partial charge >= 0.3 is 0 Å². The fraction of sp³-hybridized carbons (Fsp3) is 0.357. The molecule has 17 heavy (non-hydrogen) atoms. The fourth-order valence-corrected chi connectivity index (χ4v) is 1.93. The van der Waals surface area contributed by atoms with Gasteiger partial charge in [-0.2, -0.15) is 0 Å². The number of nitrogens with one attached hydrogen (secondary N) is 1. The molecular weight excluding hydrogens is 215 g/mol. The van der Waals surface area contributed by atoms with Crippen LogP contribution in [0.15, 0.2) is 18.2 Å². The second-order valence-electron chi connectivity index (χ2n) is 4.16. The van der Waals surface area contributed by atoms with Crippen molar-refractivity contribution < 1.29 is 4.39 Å². The molecule has 0 saturated heterocycles. The van der Waals surface area contributed by atoms with E-state index in [4.69, 9.17) is 0 Å². The normalized spacial score (nSPS) is 10.8. The molecule has 2 aromatic rings. The second-order valence-corrected chi connectivity index (χ2v) is 4.16. The van der Waals surface area contributed by atoms with E-state index in [-0.39, 0.29) is 5.82 Å². The Bertz CT molecular complexity index is 549. The van der Waals surface area contributed by atoms with Crippen LogP contribution in [0.2, 0.25) is 0 Å². The van der Waals surface area contributed by atoms with Crippen molar-refractivity contribution in [3.8, 4) is 0 Å². The van der Waals surface area contributed by atoms with Crippen molar-refractivity contribution in [3.05, 3.63) is 35.3 Å². The van der Waals surface area contributed by atoms with Crippen LogP contribution in [-0.4, -0.2) is 11.5 Å². The molecule has 0 atom stereocenters. The lowest BCUT2D eigenvalue weighted by molar-refractivity contribution is 0.620. The lowest BCUT2D eigenvalue weighted by Gasteiger charge is -2.11. The Balaban J connectivity index is 2.71. The highest BCUT2D eigenvalue weighted by molar-refractivity contribution is 5.92. The van der Waals surface area contributed by atoms with Crippen molar-refractivity contribution in [2.75, 3.05) is 11.9 Å². The molecule has 90 valence electrons. The Labute approximate surface area is 101 Å². The van der Waals surface area contributed by atoms with Crippen molar-refractivity contribution in [2.45, 2.75) is 27.2 Å². The van der Waals surface area contributed by atoms with Crippen LogP contribution in [0, 0.1) is 12.7 Å². The van der Waals surface area contributed by atoms with Crippen LogP contribution in [0.25, 0.3) is 10.9 Å². The molecule has 0 fully saturated rings. The highest BCUT2D eigenvalue weighted by atomic mass is 19.1. The molecule has 0 radical (unpaired) electrons. The first-order valence-electron chi connectivity index (χ1n) is 5.99. The van der Waals surface area contributed by atoms with E-state index in [9.17, 15) is 4.39 Å². The van der Waals surface area contributed by atoms with Crippen LogP contribution >= 0.6 is 0 Å². The summed E-state index contributed by atoms with van der Waals surface area (Å²) in [6.45, 7) is 6.72. The molecule has 0 amide bonds. The molecule has 2 nitrogen and oxygen atoms in total. The number of benzene rings is 1. The second kappa shape index (κ2) is 4.70. The van der Waals surface area contributed by atoms with Gasteiger partial charge in [0.05, 0.1) is 5.52 Å². The monoisotopic (exact) mass is 232 g/mol. The van der Waals surface area contributed by atoms with Crippen LogP contribution in [0.5, 0.6) is 0 Å². The van der Waals surface area contributed by atoms with Crippen LogP contribution in [0.3, 0.4) is 0 Å². The molecule has 1 aromatic heterocycles. The summed E-state index contributed by atoms with van der Waals surface area (Å²) in [5.74, 6) is -0.194. The topological polar surface area (TPSA) is 24.9 Å². The molecule has 0 bridgehead atoms. The summed E-state index contributed by atoms with van der Waals surface area (Å²) in [6.07, 6.45) is 0.851. The van der Waals surface area contributed by atoms with Crippen molar-refractivity contribution in [1.82, 2.24) is 4.98 Å². The summed E-state index contributed by atoms with van der Waals surface area (Å²) in [4.78, 5) is 4.46. The lowest BCUT2D eigenvalue weighted by atomic mass is 10.1. The standard InChI is InChI=1S/C14H17FN2/c1-4-10-7-13(16-5-2)11-6-9(3)12(15)8-14(11)17-10/h6-8H,4-5H2,1-3H3,(H,16,17). The molecule has 0 aliphatic rings. The molecule has 1 heterocycles. The maximum Gasteiger partial charge on any atom is 0.128 e. The third-order valence-corrected chi connectivity index (χ3v) is 2.87. The number of pyridine rings is 1. The van der Waals surface area contributed by atoms with E-state index in [0.29, 0.717) is 5.56 Å². The number of nitrogens with zero attached hydrogens (tertiary/aromatic N) is 1. The lowest BCUT2D eigenvalue weighted by Crippen LogP contribution is -2.01. The van der Waals surface area contributed by atoms with Gasteiger partial charge in [0.2, 0.25) is 0 Å². The minimum absolute atomic E-state index is 0.194. The zero-order valence-electron chi connectivity index (χ0n) is 10.5. The number of halogens is 1. The van der Waals surface area contributed by atoms with E-state index in [0.717, 1.165) is 35.2 Å². The Morgan fingerprint density at radius 2 is 2.00 bits per heavy atom. The Hall–Kier alpha value is -1.64. The minimum atomic E-state index is -0.194. The van der Waals surface area contributed by atoms with Crippen LogP contribution in [0.1, 0.15) is 25.1 Å². The minimum Gasteiger partial charge on any atom is -0.385 e. The maximum atomic E-state index is 13.5. The zero-order chi connectivity index (χ0) is 12.4. The van der Waals surface area contributed by atoms with Crippen LogP contribution < -0.4 is 5.32 Å². The number of fused-ring (bicyclic) bond motifs is 1. The van der Waals surface area contributed by atoms with Crippen molar-refractivity contribution in [1.29, 1.82) is 0 Å². The van der Waals surface area contributed by atoms with Gasteiger partial charge < -0.3 is 5.32 Å². The summed E-state index contributed by atoms with van der Waals surface area (Å²) in [7, 11) is 0. The molecule has 1 N–H and O–H groups in total. The molecule has 3 heteroatoms. The zero-order valence-corrected chi connectivity index (χ0v) is 10.5. The first-order chi connectivity index (χ1) is 8.15. The molecule has 0 spiro atoms. The fourth-order valence-electron chi connectivity index (χ4n) is 1.93. The summed E-state index contributed by atoms with van der Waals surface area (Å²) in [5.41, 5.74) is 3.40. The SMILES string of the molecule is CCNc1cc(CC)nc2cc(F)c(C)cc12. The summed E-state index contributed by atoms with van der Waals surface area (Å²) < 4.78 is 13.5. The van der Waals surface area contributed by atoms with E-state index >= 15 is 0 Å². The Morgan fingerprint density at radius 1 is 1.24 bits per heavy atom. The third kappa shape index (κ3) is 2.23. The Kier molecular flexibility index (Phi) is 3.27. The van der Waals surface area contributed by atoms with Gasteiger partial charge in [0.25, 0.3) is 0 Å². The quantitative estimate of drug-likeness (QED) is 0.873. The largest absolute Gasteiger partial charge is 0.385 e.